The van der Waals surface area contributed by atoms with Crippen molar-refractivity contribution in [1.82, 2.24) is 4.90 Å². The van der Waals surface area contributed by atoms with Crippen molar-refractivity contribution in [3.63, 3.8) is 0 Å². The van der Waals surface area contributed by atoms with Crippen LogP contribution in [0.3, 0.4) is 0 Å². The summed E-state index contributed by atoms with van der Waals surface area (Å²) in [5.74, 6) is 0. The van der Waals surface area contributed by atoms with Crippen molar-refractivity contribution in [3.05, 3.63) is 28.7 Å². The summed E-state index contributed by atoms with van der Waals surface area (Å²) in [6.45, 7) is 1.27. The van der Waals surface area contributed by atoms with Gasteiger partial charge in [0.2, 0.25) is 0 Å². The summed E-state index contributed by atoms with van der Waals surface area (Å²) in [6.07, 6.45) is 0. The molecule has 2 rings (SSSR count). The minimum Gasteiger partial charge on any atom is -0.304 e. The van der Waals surface area contributed by atoms with Gasteiger partial charge in [-0.1, -0.05) is 15.9 Å². The molecule has 82 valence electrons. The molecule has 0 N–H and O–H groups in total. The van der Waals surface area contributed by atoms with Crippen LogP contribution in [0.25, 0.3) is 0 Å². The molecule has 1 aromatic carbocycles. The van der Waals surface area contributed by atoms with Gasteiger partial charge < -0.3 is 4.90 Å². The van der Waals surface area contributed by atoms with E-state index < -0.39 is 9.84 Å². The standard InChI is InChI=1S/C10H12BrNO2S/c1-12-6-10(7-12)15(13,14)9-4-2-8(11)3-5-9/h2-5,10H,6-7H2,1H3. The Morgan fingerprint density at radius 2 is 1.80 bits per heavy atom. The minimum absolute atomic E-state index is 0.233. The zero-order chi connectivity index (χ0) is 11.1. The second-order valence-corrected chi connectivity index (χ2v) is 6.99. The Bertz CT molecular complexity index is 449. The highest BCUT2D eigenvalue weighted by molar-refractivity contribution is 9.10. The van der Waals surface area contributed by atoms with Crippen molar-refractivity contribution in [3.8, 4) is 0 Å². The van der Waals surface area contributed by atoms with Crippen LogP contribution in [-0.2, 0) is 9.84 Å². The lowest BCUT2D eigenvalue weighted by Crippen LogP contribution is -2.52. The largest absolute Gasteiger partial charge is 0.304 e. The highest BCUT2D eigenvalue weighted by atomic mass is 79.9. The van der Waals surface area contributed by atoms with Gasteiger partial charge in [-0.15, -0.1) is 0 Å². The summed E-state index contributed by atoms with van der Waals surface area (Å²) in [7, 11) is -1.19. The first kappa shape index (κ1) is 11.1. The molecule has 0 aromatic heterocycles. The molecule has 1 heterocycles. The normalized spacial score (nSPS) is 18.8. The van der Waals surface area contributed by atoms with E-state index in [1.165, 1.54) is 0 Å². The molecule has 1 aliphatic rings. The fourth-order valence-electron chi connectivity index (χ4n) is 1.65. The van der Waals surface area contributed by atoms with Crippen LogP contribution < -0.4 is 0 Å². The number of nitrogens with zero attached hydrogens (tertiary/aromatic N) is 1. The van der Waals surface area contributed by atoms with Crippen LogP contribution in [0.15, 0.2) is 33.6 Å². The summed E-state index contributed by atoms with van der Waals surface area (Å²) in [5, 5.41) is -0.233. The van der Waals surface area contributed by atoms with Crippen LogP contribution in [-0.4, -0.2) is 38.7 Å². The first-order chi connectivity index (χ1) is 7.00. The lowest BCUT2D eigenvalue weighted by Gasteiger charge is -2.35. The third-order valence-electron chi connectivity index (χ3n) is 2.61. The zero-order valence-corrected chi connectivity index (χ0v) is 10.8. The highest BCUT2D eigenvalue weighted by Crippen LogP contribution is 2.23. The molecular formula is C10H12BrNO2S. The van der Waals surface area contributed by atoms with Gasteiger partial charge >= 0.3 is 0 Å². The van der Waals surface area contributed by atoms with E-state index in [0.717, 1.165) is 4.47 Å². The monoisotopic (exact) mass is 289 g/mol. The number of hydrogen-bond acceptors (Lipinski definition) is 3. The fourth-order valence-corrected chi connectivity index (χ4v) is 3.72. The van der Waals surface area contributed by atoms with Crippen molar-refractivity contribution in [2.24, 2.45) is 0 Å². The molecule has 15 heavy (non-hydrogen) atoms. The van der Waals surface area contributed by atoms with Gasteiger partial charge in [0.15, 0.2) is 9.84 Å². The molecule has 0 aliphatic carbocycles. The number of hydrogen-bond donors (Lipinski definition) is 0. The maximum absolute atomic E-state index is 12.0. The van der Waals surface area contributed by atoms with Gasteiger partial charge in [0.05, 0.1) is 10.1 Å². The summed E-state index contributed by atoms with van der Waals surface area (Å²) in [4.78, 5) is 2.42. The Kier molecular flexibility index (Phi) is 2.87. The van der Waals surface area contributed by atoms with Gasteiger partial charge in [-0.25, -0.2) is 8.42 Å². The average Bonchev–Trinajstić information content (AvgIpc) is 2.13. The second-order valence-electron chi connectivity index (χ2n) is 3.84. The van der Waals surface area contributed by atoms with Crippen molar-refractivity contribution in [1.29, 1.82) is 0 Å². The van der Waals surface area contributed by atoms with Crippen molar-refractivity contribution >= 4 is 25.8 Å². The molecule has 0 saturated carbocycles. The summed E-state index contributed by atoms with van der Waals surface area (Å²) < 4.78 is 25.0. The van der Waals surface area contributed by atoms with Crippen LogP contribution in [0.2, 0.25) is 0 Å². The topological polar surface area (TPSA) is 37.4 Å². The Morgan fingerprint density at radius 3 is 2.27 bits per heavy atom. The van der Waals surface area contributed by atoms with E-state index in [0.29, 0.717) is 18.0 Å². The maximum Gasteiger partial charge on any atom is 0.183 e. The number of benzene rings is 1. The molecule has 1 saturated heterocycles. The zero-order valence-electron chi connectivity index (χ0n) is 8.35. The number of halogens is 1. The molecule has 1 aromatic rings. The van der Waals surface area contributed by atoms with Gasteiger partial charge in [-0.2, -0.15) is 0 Å². The molecule has 3 nitrogen and oxygen atoms in total. The highest BCUT2D eigenvalue weighted by Gasteiger charge is 2.35. The van der Waals surface area contributed by atoms with Gasteiger partial charge in [0, 0.05) is 17.6 Å². The van der Waals surface area contributed by atoms with E-state index in [1.54, 1.807) is 24.3 Å². The van der Waals surface area contributed by atoms with Crippen molar-refractivity contribution in [2.45, 2.75) is 10.1 Å². The van der Waals surface area contributed by atoms with E-state index in [2.05, 4.69) is 15.9 Å². The molecule has 0 amide bonds. The van der Waals surface area contributed by atoms with Crippen LogP contribution in [0.5, 0.6) is 0 Å². The Morgan fingerprint density at radius 1 is 1.27 bits per heavy atom. The SMILES string of the molecule is CN1CC(S(=O)(=O)c2ccc(Br)cc2)C1. The van der Waals surface area contributed by atoms with Crippen molar-refractivity contribution in [2.75, 3.05) is 20.1 Å². The smallest absolute Gasteiger partial charge is 0.183 e. The quantitative estimate of drug-likeness (QED) is 0.829. The van der Waals surface area contributed by atoms with Gasteiger partial charge in [0.1, 0.15) is 0 Å². The third kappa shape index (κ3) is 2.09. The van der Waals surface area contributed by atoms with Crippen LogP contribution in [0, 0.1) is 0 Å². The summed E-state index contributed by atoms with van der Waals surface area (Å²) in [6, 6.07) is 6.82. The molecule has 0 atom stereocenters. The number of likely N-dealkylation sites (tertiary alicyclic amines) is 1. The van der Waals surface area contributed by atoms with Crippen LogP contribution >= 0.6 is 15.9 Å². The number of rotatable bonds is 2. The van der Waals surface area contributed by atoms with E-state index in [1.807, 2.05) is 11.9 Å². The molecule has 1 fully saturated rings. The molecule has 0 spiro atoms. The van der Waals surface area contributed by atoms with E-state index >= 15 is 0 Å². The summed E-state index contributed by atoms with van der Waals surface area (Å²) in [5.41, 5.74) is 0. The van der Waals surface area contributed by atoms with E-state index in [4.69, 9.17) is 0 Å². The molecule has 0 unspecified atom stereocenters. The maximum atomic E-state index is 12.0. The Labute approximate surface area is 98.1 Å². The summed E-state index contributed by atoms with van der Waals surface area (Å²) >= 11 is 3.29. The van der Waals surface area contributed by atoms with Crippen LogP contribution in [0.1, 0.15) is 0 Å². The fraction of sp³-hybridized carbons (Fsp3) is 0.400. The van der Waals surface area contributed by atoms with Gasteiger partial charge in [-0.05, 0) is 31.3 Å². The number of sulfone groups is 1. The third-order valence-corrected chi connectivity index (χ3v) is 5.25. The molecule has 0 bridgehead atoms. The molecular weight excluding hydrogens is 278 g/mol. The molecule has 5 heteroatoms. The molecule has 1 aliphatic heterocycles. The van der Waals surface area contributed by atoms with E-state index in [-0.39, 0.29) is 5.25 Å². The first-order valence-electron chi connectivity index (χ1n) is 4.68. The molecule has 0 radical (unpaired) electrons. The van der Waals surface area contributed by atoms with Crippen LogP contribution in [0.4, 0.5) is 0 Å². The Hall–Kier alpha value is -0.390. The minimum atomic E-state index is -3.11. The van der Waals surface area contributed by atoms with Gasteiger partial charge in [-0.3, -0.25) is 0 Å². The first-order valence-corrected chi connectivity index (χ1v) is 7.02. The van der Waals surface area contributed by atoms with E-state index in [9.17, 15) is 8.42 Å². The van der Waals surface area contributed by atoms with Crippen molar-refractivity contribution < 1.29 is 8.42 Å². The predicted molar refractivity (Wildman–Crippen MR) is 62.6 cm³/mol. The average molecular weight is 290 g/mol. The van der Waals surface area contributed by atoms with Gasteiger partial charge in [0.25, 0.3) is 0 Å². The second kappa shape index (κ2) is 3.88. The lowest BCUT2D eigenvalue weighted by molar-refractivity contribution is 0.232. The lowest BCUT2D eigenvalue weighted by atomic mass is 10.2. The predicted octanol–water partition coefficient (Wildman–Crippen LogP) is 1.54. The Balaban J connectivity index is 2.26.